The van der Waals surface area contributed by atoms with E-state index in [1.165, 1.54) is 24.8 Å². The molecule has 0 spiro atoms. The van der Waals surface area contributed by atoms with Crippen molar-refractivity contribution in [2.45, 2.75) is 51.9 Å². The number of nitrogens with one attached hydrogen (secondary N) is 1. The lowest BCUT2D eigenvalue weighted by Crippen LogP contribution is -2.30. The van der Waals surface area contributed by atoms with Gasteiger partial charge in [0.1, 0.15) is 17.5 Å². The summed E-state index contributed by atoms with van der Waals surface area (Å²) in [5.41, 5.74) is 2.80. The first-order chi connectivity index (χ1) is 17.7. The van der Waals surface area contributed by atoms with Gasteiger partial charge >= 0.3 is 0 Å². The summed E-state index contributed by atoms with van der Waals surface area (Å²) in [7, 11) is 0. The van der Waals surface area contributed by atoms with E-state index in [1.54, 1.807) is 18.5 Å². The standard InChI is InChI=1S/C25H23F2N7.C2H6/c26-17-11-19(27)24(30-12-17)32-21-10-16(6-7-29-21)23-31-20-14-28-13-18(15-4-5-15)22(20)25(33-23)34-8-2-1-3-9-34;1-2/h6-7,10-15H,1-5,8-9H2,(H,29,30,32);1-2H3. The zero-order chi connectivity index (χ0) is 25.1. The van der Waals surface area contributed by atoms with Crippen LogP contribution in [0.3, 0.4) is 0 Å². The number of hydrogen-bond donors (Lipinski definition) is 1. The topological polar surface area (TPSA) is 79.7 Å². The molecular weight excluding hydrogens is 460 g/mol. The maximum absolute atomic E-state index is 14.1. The van der Waals surface area contributed by atoms with E-state index in [1.807, 2.05) is 26.1 Å². The van der Waals surface area contributed by atoms with Gasteiger partial charge in [0.05, 0.1) is 17.9 Å². The van der Waals surface area contributed by atoms with E-state index >= 15 is 0 Å². The summed E-state index contributed by atoms with van der Waals surface area (Å²) in [5, 5.41) is 3.92. The van der Waals surface area contributed by atoms with Crippen LogP contribution >= 0.6 is 0 Å². The van der Waals surface area contributed by atoms with Crippen LogP contribution in [0.25, 0.3) is 22.3 Å². The van der Waals surface area contributed by atoms with Crippen LogP contribution in [0.5, 0.6) is 0 Å². The van der Waals surface area contributed by atoms with Gasteiger partial charge in [-0.2, -0.15) is 0 Å². The molecule has 1 aliphatic heterocycles. The number of aromatic nitrogens is 5. The van der Waals surface area contributed by atoms with Gasteiger partial charge in [-0.3, -0.25) is 4.98 Å². The fourth-order valence-corrected chi connectivity index (χ4v) is 4.52. The van der Waals surface area contributed by atoms with Gasteiger partial charge in [-0.1, -0.05) is 13.8 Å². The van der Waals surface area contributed by atoms with Gasteiger partial charge in [-0.05, 0) is 55.7 Å². The van der Waals surface area contributed by atoms with Crippen LogP contribution in [0.1, 0.15) is 57.4 Å². The highest BCUT2D eigenvalue weighted by Crippen LogP contribution is 2.45. The average molecular weight is 490 g/mol. The Hall–Kier alpha value is -3.75. The first-order valence-corrected chi connectivity index (χ1v) is 12.6. The fourth-order valence-electron chi connectivity index (χ4n) is 4.52. The second-order valence-corrected chi connectivity index (χ2v) is 8.85. The second-order valence-electron chi connectivity index (χ2n) is 8.85. The lowest BCUT2D eigenvalue weighted by molar-refractivity contribution is 0.574. The predicted molar refractivity (Wildman–Crippen MR) is 137 cm³/mol. The lowest BCUT2D eigenvalue weighted by Gasteiger charge is -2.29. The molecule has 186 valence electrons. The van der Waals surface area contributed by atoms with Crippen LogP contribution in [-0.2, 0) is 0 Å². The number of halogens is 2. The quantitative estimate of drug-likeness (QED) is 0.348. The van der Waals surface area contributed by atoms with Crippen molar-refractivity contribution in [2.75, 3.05) is 23.3 Å². The van der Waals surface area contributed by atoms with E-state index in [2.05, 4.69) is 25.2 Å². The molecule has 1 saturated heterocycles. The molecule has 6 rings (SSSR count). The van der Waals surface area contributed by atoms with Gasteiger partial charge in [0.15, 0.2) is 17.5 Å². The number of nitrogens with zero attached hydrogens (tertiary/aromatic N) is 6. The highest BCUT2D eigenvalue weighted by Gasteiger charge is 2.29. The van der Waals surface area contributed by atoms with Gasteiger partial charge in [0, 0.05) is 42.5 Å². The summed E-state index contributed by atoms with van der Waals surface area (Å²) in [6.45, 7) is 5.94. The molecule has 0 aromatic carbocycles. The van der Waals surface area contributed by atoms with E-state index in [9.17, 15) is 8.78 Å². The third kappa shape index (κ3) is 4.96. The molecule has 1 saturated carbocycles. The van der Waals surface area contributed by atoms with Crippen LogP contribution in [-0.4, -0.2) is 38.0 Å². The molecule has 2 aliphatic rings. The Balaban J connectivity index is 0.00000130. The van der Waals surface area contributed by atoms with Crippen molar-refractivity contribution < 1.29 is 8.78 Å². The fraction of sp³-hybridized carbons (Fsp3) is 0.370. The third-order valence-electron chi connectivity index (χ3n) is 6.36. The van der Waals surface area contributed by atoms with Crippen LogP contribution in [0.15, 0.2) is 43.0 Å². The van der Waals surface area contributed by atoms with E-state index in [4.69, 9.17) is 9.97 Å². The van der Waals surface area contributed by atoms with Crippen molar-refractivity contribution in [3.8, 4) is 11.4 Å². The molecule has 0 unspecified atom stereocenters. The van der Waals surface area contributed by atoms with Crippen molar-refractivity contribution in [3.63, 3.8) is 0 Å². The molecule has 5 heterocycles. The molecule has 2 fully saturated rings. The predicted octanol–water partition coefficient (Wildman–Crippen LogP) is 6.40. The van der Waals surface area contributed by atoms with Crippen LogP contribution in [0.4, 0.5) is 26.2 Å². The number of hydrogen-bond acceptors (Lipinski definition) is 7. The van der Waals surface area contributed by atoms with Crippen molar-refractivity contribution in [2.24, 2.45) is 0 Å². The molecule has 0 amide bonds. The van der Waals surface area contributed by atoms with Gasteiger partial charge in [-0.15, -0.1) is 0 Å². The average Bonchev–Trinajstić information content (AvgIpc) is 3.77. The number of pyridine rings is 3. The minimum absolute atomic E-state index is 0.0993. The van der Waals surface area contributed by atoms with E-state index < -0.39 is 11.6 Å². The summed E-state index contributed by atoms with van der Waals surface area (Å²) >= 11 is 0. The van der Waals surface area contributed by atoms with Crippen molar-refractivity contribution in [1.29, 1.82) is 0 Å². The van der Waals surface area contributed by atoms with Gasteiger partial charge in [0.2, 0.25) is 0 Å². The van der Waals surface area contributed by atoms with Gasteiger partial charge in [0.25, 0.3) is 0 Å². The van der Waals surface area contributed by atoms with E-state index in [0.29, 0.717) is 17.6 Å². The molecular formula is C27H29F2N7. The molecule has 4 aromatic heterocycles. The van der Waals surface area contributed by atoms with Gasteiger partial charge in [-0.25, -0.2) is 28.7 Å². The Morgan fingerprint density at radius 1 is 0.944 bits per heavy atom. The molecule has 4 aromatic rings. The molecule has 1 aliphatic carbocycles. The molecule has 36 heavy (non-hydrogen) atoms. The third-order valence-corrected chi connectivity index (χ3v) is 6.36. The summed E-state index contributed by atoms with van der Waals surface area (Å²) in [4.78, 5) is 24.8. The minimum atomic E-state index is -0.791. The zero-order valence-corrected chi connectivity index (χ0v) is 20.5. The molecule has 7 nitrogen and oxygen atoms in total. The first kappa shape index (κ1) is 24.0. The number of piperidine rings is 1. The normalized spacial score (nSPS) is 15.4. The highest BCUT2D eigenvalue weighted by atomic mass is 19.1. The molecule has 9 heteroatoms. The Morgan fingerprint density at radius 3 is 2.50 bits per heavy atom. The monoisotopic (exact) mass is 489 g/mol. The smallest absolute Gasteiger partial charge is 0.168 e. The Morgan fingerprint density at radius 2 is 1.75 bits per heavy atom. The van der Waals surface area contributed by atoms with Crippen molar-refractivity contribution >= 4 is 28.4 Å². The molecule has 0 bridgehead atoms. The molecule has 0 radical (unpaired) electrons. The summed E-state index contributed by atoms with van der Waals surface area (Å²) in [6.07, 6.45) is 12.2. The number of fused-ring (bicyclic) bond motifs is 1. The summed E-state index contributed by atoms with van der Waals surface area (Å²) in [5.74, 6) is 0.784. The molecule has 0 atom stereocenters. The lowest BCUT2D eigenvalue weighted by atomic mass is 10.1. The van der Waals surface area contributed by atoms with Crippen molar-refractivity contribution in [3.05, 3.63) is 60.2 Å². The Bertz CT molecular complexity index is 1370. The summed E-state index contributed by atoms with van der Waals surface area (Å²) < 4.78 is 27.3. The maximum Gasteiger partial charge on any atom is 0.168 e. The van der Waals surface area contributed by atoms with Crippen LogP contribution in [0.2, 0.25) is 0 Å². The Kier molecular flexibility index (Phi) is 6.97. The van der Waals surface area contributed by atoms with E-state index in [0.717, 1.165) is 60.5 Å². The SMILES string of the molecule is CC.Fc1cnc(Nc2cc(-c3nc(N4CCCCC4)c4c(C5CC5)cncc4n3)ccn2)c(F)c1. The highest BCUT2D eigenvalue weighted by molar-refractivity contribution is 5.94. The summed E-state index contributed by atoms with van der Waals surface area (Å²) in [6, 6.07) is 4.34. The Labute approximate surface area is 209 Å². The largest absolute Gasteiger partial charge is 0.356 e. The minimum Gasteiger partial charge on any atom is -0.356 e. The van der Waals surface area contributed by atoms with Gasteiger partial charge < -0.3 is 10.2 Å². The van der Waals surface area contributed by atoms with Crippen LogP contribution < -0.4 is 10.2 Å². The molecule has 1 N–H and O–H groups in total. The van der Waals surface area contributed by atoms with E-state index in [-0.39, 0.29) is 5.82 Å². The van der Waals surface area contributed by atoms with Crippen LogP contribution in [0, 0.1) is 11.6 Å². The zero-order valence-electron chi connectivity index (χ0n) is 20.5. The maximum atomic E-state index is 14.1. The second kappa shape index (κ2) is 10.5. The number of anilines is 3. The number of rotatable bonds is 5. The first-order valence-electron chi connectivity index (χ1n) is 12.6. The van der Waals surface area contributed by atoms with Crippen molar-refractivity contribution in [1.82, 2.24) is 24.9 Å².